The molecular weight excluding hydrogens is 246 g/mol. The summed E-state index contributed by atoms with van der Waals surface area (Å²) in [5, 5.41) is 10.2. The molecule has 0 aromatic carbocycles. The van der Waals surface area contributed by atoms with Crippen molar-refractivity contribution in [3.05, 3.63) is 0 Å². The molecule has 0 radical (unpaired) electrons. The Labute approximate surface area is 116 Å². The number of alkyl halides is 1. The number of aliphatic hydroxyl groups is 1. The summed E-state index contributed by atoms with van der Waals surface area (Å²) in [5.74, 6) is 2.10. The molecule has 2 bridgehead atoms. The zero-order chi connectivity index (χ0) is 12.7. The van der Waals surface area contributed by atoms with Crippen molar-refractivity contribution in [2.45, 2.75) is 62.4 Å². The van der Waals surface area contributed by atoms with Gasteiger partial charge in [0.2, 0.25) is 0 Å². The van der Waals surface area contributed by atoms with Crippen LogP contribution in [0.3, 0.4) is 0 Å². The second-order valence-corrected chi connectivity index (χ2v) is 7.34. The minimum absolute atomic E-state index is 0.382. The molecule has 4 atom stereocenters. The summed E-state index contributed by atoms with van der Waals surface area (Å²) >= 11 is 6.23. The summed E-state index contributed by atoms with van der Waals surface area (Å²) in [6.45, 7) is 0.382. The highest BCUT2D eigenvalue weighted by atomic mass is 35.5. The SMILES string of the molecule is CN1C2CC[C@@H]1C[C@H](C1CCC(Cl)CC1)C2CO. The van der Waals surface area contributed by atoms with E-state index in [4.69, 9.17) is 11.6 Å². The maximum Gasteiger partial charge on any atom is 0.0477 e. The average Bonchev–Trinajstić information content (AvgIpc) is 2.63. The molecule has 0 aromatic heterocycles. The highest BCUT2D eigenvalue weighted by Crippen LogP contribution is 2.47. The van der Waals surface area contributed by atoms with Gasteiger partial charge in [0, 0.05) is 30.0 Å². The average molecular weight is 272 g/mol. The number of hydrogen-bond acceptors (Lipinski definition) is 2. The standard InChI is InChI=1S/C15H26ClNO/c1-17-12-6-7-15(17)14(9-18)13(8-12)10-2-4-11(16)5-3-10/h10-15,18H,2-9H2,1H3/t10?,11?,12-,13-,14?,15?/m1/s1. The van der Waals surface area contributed by atoms with E-state index in [1.54, 1.807) is 0 Å². The van der Waals surface area contributed by atoms with Crippen LogP contribution in [0.2, 0.25) is 0 Å². The van der Waals surface area contributed by atoms with Gasteiger partial charge in [0.15, 0.2) is 0 Å². The number of fused-ring (bicyclic) bond motifs is 2. The van der Waals surface area contributed by atoms with Crippen molar-refractivity contribution in [2.24, 2.45) is 17.8 Å². The number of rotatable bonds is 2. The third kappa shape index (κ3) is 2.21. The third-order valence-electron chi connectivity index (χ3n) is 6.00. The van der Waals surface area contributed by atoms with Gasteiger partial charge >= 0.3 is 0 Å². The summed E-state index contributed by atoms with van der Waals surface area (Å²) in [4.78, 5) is 2.55. The Morgan fingerprint density at radius 1 is 1.11 bits per heavy atom. The molecule has 0 amide bonds. The molecule has 2 saturated heterocycles. The molecule has 0 spiro atoms. The lowest BCUT2D eigenvalue weighted by molar-refractivity contribution is -0.00241. The summed E-state index contributed by atoms with van der Waals surface area (Å²) < 4.78 is 0. The van der Waals surface area contributed by atoms with Gasteiger partial charge in [-0.25, -0.2) is 0 Å². The Kier molecular flexibility index (Phi) is 3.89. The Morgan fingerprint density at radius 2 is 1.83 bits per heavy atom. The fourth-order valence-electron chi connectivity index (χ4n) is 4.92. The lowest BCUT2D eigenvalue weighted by Gasteiger charge is -2.46. The van der Waals surface area contributed by atoms with Crippen molar-refractivity contribution in [3.63, 3.8) is 0 Å². The van der Waals surface area contributed by atoms with Crippen molar-refractivity contribution in [1.29, 1.82) is 0 Å². The smallest absolute Gasteiger partial charge is 0.0477 e. The Bertz CT molecular complexity index is 290. The number of hydrogen-bond donors (Lipinski definition) is 1. The van der Waals surface area contributed by atoms with Crippen LogP contribution in [0.25, 0.3) is 0 Å². The molecule has 3 heteroatoms. The number of nitrogens with zero attached hydrogens (tertiary/aromatic N) is 1. The van der Waals surface area contributed by atoms with Gasteiger partial charge in [-0.05, 0) is 63.8 Å². The molecule has 2 nitrogen and oxygen atoms in total. The summed E-state index contributed by atoms with van der Waals surface area (Å²) in [7, 11) is 2.26. The fraction of sp³-hybridized carbons (Fsp3) is 1.00. The van der Waals surface area contributed by atoms with Crippen LogP contribution >= 0.6 is 11.6 Å². The van der Waals surface area contributed by atoms with Gasteiger partial charge in [-0.1, -0.05) is 0 Å². The van der Waals surface area contributed by atoms with Crippen molar-refractivity contribution < 1.29 is 5.11 Å². The topological polar surface area (TPSA) is 23.5 Å². The molecule has 1 N–H and O–H groups in total. The van der Waals surface area contributed by atoms with E-state index in [1.807, 2.05) is 0 Å². The van der Waals surface area contributed by atoms with Gasteiger partial charge in [-0.2, -0.15) is 0 Å². The summed E-state index contributed by atoms with van der Waals surface area (Å²) in [6, 6.07) is 1.43. The van der Waals surface area contributed by atoms with E-state index in [0.29, 0.717) is 23.9 Å². The van der Waals surface area contributed by atoms with Crippen LogP contribution in [0.1, 0.15) is 44.9 Å². The Morgan fingerprint density at radius 3 is 2.50 bits per heavy atom. The van der Waals surface area contributed by atoms with Gasteiger partial charge in [0.05, 0.1) is 0 Å². The Hall–Kier alpha value is 0.210. The molecule has 3 fully saturated rings. The van der Waals surface area contributed by atoms with E-state index in [2.05, 4.69) is 11.9 Å². The van der Waals surface area contributed by atoms with Crippen LogP contribution in [0.4, 0.5) is 0 Å². The highest BCUT2D eigenvalue weighted by Gasteiger charge is 2.47. The van der Waals surface area contributed by atoms with Crippen molar-refractivity contribution in [2.75, 3.05) is 13.7 Å². The lowest BCUT2D eigenvalue weighted by Crippen LogP contribution is -2.50. The maximum absolute atomic E-state index is 9.83. The van der Waals surface area contributed by atoms with Crippen LogP contribution in [0.15, 0.2) is 0 Å². The first-order valence-electron chi connectivity index (χ1n) is 7.67. The molecule has 2 unspecified atom stereocenters. The number of halogens is 1. The first kappa shape index (κ1) is 13.2. The molecule has 3 aliphatic rings. The lowest BCUT2D eigenvalue weighted by atomic mass is 9.68. The molecule has 104 valence electrons. The summed E-state index contributed by atoms with van der Waals surface area (Å²) in [6.07, 6.45) is 8.91. The monoisotopic (exact) mass is 271 g/mol. The summed E-state index contributed by atoms with van der Waals surface area (Å²) in [5.41, 5.74) is 0. The highest BCUT2D eigenvalue weighted by molar-refractivity contribution is 6.20. The maximum atomic E-state index is 9.83. The van der Waals surface area contributed by atoms with E-state index in [0.717, 1.165) is 17.9 Å². The molecule has 1 saturated carbocycles. The van der Waals surface area contributed by atoms with E-state index in [9.17, 15) is 5.11 Å². The van der Waals surface area contributed by atoms with E-state index in [1.165, 1.54) is 44.9 Å². The molecular formula is C15H26ClNO. The quantitative estimate of drug-likeness (QED) is 0.781. The second-order valence-electron chi connectivity index (χ2n) is 6.72. The van der Waals surface area contributed by atoms with E-state index >= 15 is 0 Å². The minimum atomic E-state index is 0.382. The zero-order valence-corrected chi connectivity index (χ0v) is 12.1. The van der Waals surface area contributed by atoms with Gasteiger partial charge in [-0.3, -0.25) is 0 Å². The van der Waals surface area contributed by atoms with E-state index < -0.39 is 0 Å². The van der Waals surface area contributed by atoms with Gasteiger partial charge in [0.1, 0.15) is 0 Å². The van der Waals surface area contributed by atoms with Crippen LogP contribution in [0.5, 0.6) is 0 Å². The molecule has 2 aliphatic heterocycles. The van der Waals surface area contributed by atoms with Crippen molar-refractivity contribution in [3.8, 4) is 0 Å². The van der Waals surface area contributed by atoms with E-state index in [-0.39, 0.29) is 0 Å². The largest absolute Gasteiger partial charge is 0.396 e. The van der Waals surface area contributed by atoms with Gasteiger partial charge in [0.25, 0.3) is 0 Å². The molecule has 0 aromatic rings. The normalized spacial score (nSPS) is 49.5. The number of piperidine rings is 1. The fourth-order valence-corrected chi connectivity index (χ4v) is 5.17. The van der Waals surface area contributed by atoms with Crippen LogP contribution in [0, 0.1) is 17.8 Å². The molecule has 2 heterocycles. The first-order valence-corrected chi connectivity index (χ1v) is 8.11. The molecule has 3 rings (SSSR count). The van der Waals surface area contributed by atoms with Crippen molar-refractivity contribution in [1.82, 2.24) is 4.90 Å². The van der Waals surface area contributed by atoms with Gasteiger partial charge in [-0.15, -0.1) is 11.6 Å². The third-order valence-corrected chi connectivity index (χ3v) is 6.44. The first-order chi connectivity index (χ1) is 8.70. The predicted molar refractivity (Wildman–Crippen MR) is 74.9 cm³/mol. The molecule has 18 heavy (non-hydrogen) atoms. The van der Waals surface area contributed by atoms with Gasteiger partial charge < -0.3 is 10.0 Å². The zero-order valence-electron chi connectivity index (χ0n) is 11.4. The van der Waals surface area contributed by atoms with Crippen LogP contribution < -0.4 is 0 Å². The van der Waals surface area contributed by atoms with Crippen molar-refractivity contribution >= 4 is 11.6 Å². The Balaban J connectivity index is 1.71. The minimum Gasteiger partial charge on any atom is -0.396 e. The number of aliphatic hydroxyl groups excluding tert-OH is 1. The second kappa shape index (κ2) is 5.30. The van der Waals surface area contributed by atoms with Crippen LogP contribution in [-0.4, -0.2) is 41.1 Å². The molecule has 1 aliphatic carbocycles. The van der Waals surface area contributed by atoms with Crippen LogP contribution in [-0.2, 0) is 0 Å². The predicted octanol–water partition coefficient (Wildman–Crippen LogP) is 2.88.